The maximum absolute atomic E-state index is 13.4. The number of aryl methyl sites for hydroxylation is 1. The van der Waals surface area contributed by atoms with E-state index in [0.29, 0.717) is 18.3 Å². The van der Waals surface area contributed by atoms with Gasteiger partial charge in [-0.3, -0.25) is 14.5 Å². The van der Waals surface area contributed by atoms with Crippen molar-refractivity contribution in [1.29, 1.82) is 0 Å². The minimum Gasteiger partial charge on any atom is -0.323 e. The lowest BCUT2D eigenvalue weighted by Gasteiger charge is -2.42. The molecule has 0 fully saturated rings. The summed E-state index contributed by atoms with van der Waals surface area (Å²) in [5.74, 6) is -0.173. The second-order valence-corrected chi connectivity index (χ2v) is 8.43. The second kappa shape index (κ2) is 7.06. The van der Waals surface area contributed by atoms with Crippen molar-refractivity contribution in [2.75, 3.05) is 23.8 Å². The van der Waals surface area contributed by atoms with Gasteiger partial charge in [0.2, 0.25) is 5.91 Å². The number of hydrogen-bond donors (Lipinski definition) is 2. The van der Waals surface area contributed by atoms with Crippen LogP contribution in [0.1, 0.15) is 43.9 Å². The Morgan fingerprint density at radius 2 is 1.89 bits per heavy atom. The summed E-state index contributed by atoms with van der Waals surface area (Å²) >= 11 is 0. The quantitative estimate of drug-likeness (QED) is 0.861. The number of likely N-dealkylation sites (N-methyl/N-ethyl adjacent to an activating group) is 1. The number of anilines is 2. The molecular weight excluding hydrogens is 350 g/mol. The van der Waals surface area contributed by atoms with Crippen LogP contribution in [-0.4, -0.2) is 30.9 Å². The number of hydrogen-bond acceptors (Lipinski definition) is 2. The molecule has 0 bridgehead atoms. The van der Waals surface area contributed by atoms with Crippen LogP contribution in [0.25, 0.3) is 0 Å². The van der Waals surface area contributed by atoms with Crippen LogP contribution in [0.15, 0.2) is 48.5 Å². The predicted molar refractivity (Wildman–Crippen MR) is 111 cm³/mol. The fourth-order valence-corrected chi connectivity index (χ4v) is 4.60. The molecular formula is C23H28N3O2+. The smallest absolute Gasteiger partial charge is 0.283 e. The summed E-state index contributed by atoms with van der Waals surface area (Å²) in [5, 5.41) is 2.93. The molecule has 2 atom stereocenters. The third kappa shape index (κ3) is 3.10. The number of rotatable bonds is 3. The molecule has 2 aromatic rings. The monoisotopic (exact) mass is 378 g/mol. The fourth-order valence-electron chi connectivity index (χ4n) is 4.60. The van der Waals surface area contributed by atoms with Gasteiger partial charge in [-0.2, -0.15) is 0 Å². The highest BCUT2D eigenvalue weighted by Gasteiger charge is 2.44. The number of carbonyl (C=O) groups is 2. The van der Waals surface area contributed by atoms with Gasteiger partial charge in [0.1, 0.15) is 11.6 Å². The Morgan fingerprint density at radius 3 is 2.71 bits per heavy atom. The SMILES string of the molecule is C[NH+](CC(=O)N1c2ccccc2NC(=O)C1(C)C)[C@H]1CCCc2ccccc21. The normalized spacial score (nSPS) is 21.3. The van der Waals surface area contributed by atoms with Crippen LogP contribution in [0.5, 0.6) is 0 Å². The summed E-state index contributed by atoms with van der Waals surface area (Å²) < 4.78 is 0. The third-order valence-electron chi connectivity index (χ3n) is 6.15. The van der Waals surface area contributed by atoms with Crippen LogP contribution in [0, 0.1) is 0 Å². The third-order valence-corrected chi connectivity index (χ3v) is 6.15. The summed E-state index contributed by atoms with van der Waals surface area (Å²) in [4.78, 5) is 28.9. The maximum atomic E-state index is 13.4. The fraction of sp³-hybridized carbons (Fsp3) is 0.391. The van der Waals surface area contributed by atoms with Crippen molar-refractivity contribution in [3.05, 3.63) is 59.7 Å². The van der Waals surface area contributed by atoms with Crippen molar-refractivity contribution in [2.24, 2.45) is 0 Å². The lowest BCUT2D eigenvalue weighted by atomic mass is 9.87. The Balaban J connectivity index is 1.61. The van der Waals surface area contributed by atoms with Crippen LogP contribution < -0.4 is 15.1 Å². The van der Waals surface area contributed by atoms with E-state index in [1.54, 1.807) is 18.7 Å². The van der Waals surface area contributed by atoms with Gasteiger partial charge >= 0.3 is 0 Å². The number of carbonyl (C=O) groups excluding carboxylic acids is 2. The molecule has 2 N–H and O–H groups in total. The molecule has 1 heterocycles. The molecule has 2 amide bonds. The lowest BCUT2D eigenvalue weighted by Crippen LogP contribution is -3.10. The van der Waals surface area contributed by atoms with Gasteiger partial charge in [-0.1, -0.05) is 36.4 Å². The first-order valence-corrected chi connectivity index (χ1v) is 10.0. The van der Waals surface area contributed by atoms with Crippen molar-refractivity contribution < 1.29 is 14.5 Å². The Morgan fingerprint density at radius 1 is 1.18 bits per heavy atom. The number of nitrogens with one attached hydrogen (secondary N) is 2. The number of benzene rings is 2. The molecule has 28 heavy (non-hydrogen) atoms. The Hall–Kier alpha value is -2.66. The molecule has 2 aromatic carbocycles. The minimum absolute atomic E-state index is 0.0205. The van der Waals surface area contributed by atoms with E-state index >= 15 is 0 Å². The van der Waals surface area contributed by atoms with Gasteiger partial charge in [0.25, 0.3) is 5.91 Å². The molecule has 5 nitrogen and oxygen atoms in total. The van der Waals surface area contributed by atoms with Crippen LogP contribution in [0.3, 0.4) is 0 Å². The highest BCUT2D eigenvalue weighted by molar-refractivity contribution is 6.14. The summed E-state index contributed by atoms with van der Waals surface area (Å²) in [7, 11) is 2.09. The first-order chi connectivity index (χ1) is 13.4. The lowest BCUT2D eigenvalue weighted by molar-refractivity contribution is -0.905. The predicted octanol–water partition coefficient (Wildman–Crippen LogP) is 2.34. The van der Waals surface area contributed by atoms with Crippen molar-refractivity contribution in [1.82, 2.24) is 0 Å². The molecule has 1 aliphatic heterocycles. The van der Waals surface area contributed by atoms with Gasteiger partial charge in [0.05, 0.1) is 18.4 Å². The van der Waals surface area contributed by atoms with Crippen molar-refractivity contribution in [3.63, 3.8) is 0 Å². The van der Waals surface area contributed by atoms with E-state index in [-0.39, 0.29) is 11.8 Å². The van der Waals surface area contributed by atoms with Crippen LogP contribution >= 0.6 is 0 Å². The summed E-state index contributed by atoms with van der Waals surface area (Å²) in [6.07, 6.45) is 3.34. The largest absolute Gasteiger partial charge is 0.323 e. The van der Waals surface area contributed by atoms with Gasteiger partial charge in [-0.15, -0.1) is 0 Å². The van der Waals surface area contributed by atoms with E-state index in [2.05, 4.69) is 36.6 Å². The summed E-state index contributed by atoms with van der Waals surface area (Å²) in [6, 6.07) is 16.4. The van der Waals surface area contributed by atoms with Gasteiger partial charge in [-0.05, 0) is 44.4 Å². The molecule has 0 spiro atoms. The molecule has 0 aromatic heterocycles. The topological polar surface area (TPSA) is 53.9 Å². The van der Waals surface area contributed by atoms with Gasteiger partial charge < -0.3 is 10.2 Å². The van der Waals surface area contributed by atoms with Crippen LogP contribution in [0.4, 0.5) is 11.4 Å². The van der Waals surface area contributed by atoms with E-state index in [1.165, 1.54) is 16.0 Å². The zero-order valence-electron chi connectivity index (χ0n) is 16.8. The molecule has 5 heteroatoms. The van der Waals surface area contributed by atoms with Crippen molar-refractivity contribution in [3.8, 4) is 0 Å². The maximum Gasteiger partial charge on any atom is 0.283 e. The summed E-state index contributed by atoms with van der Waals surface area (Å²) in [6.45, 7) is 3.97. The zero-order chi connectivity index (χ0) is 19.9. The number of amides is 2. The van der Waals surface area contributed by atoms with E-state index in [0.717, 1.165) is 24.9 Å². The number of para-hydroxylation sites is 2. The van der Waals surface area contributed by atoms with Gasteiger partial charge in [0, 0.05) is 12.0 Å². The number of fused-ring (bicyclic) bond motifs is 2. The first kappa shape index (κ1) is 18.7. The molecule has 1 unspecified atom stereocenters. The highest BCUT2D eigenvalue weighted by Crippen LogP contribution is 2.36. The first-order valence-electron chi connectivity index (χ1n) is 10.0. The average molecular weight is 378 g/mol. The molecule has 0 radical (unpaired) electrons. The van der Waals surface area contributed by atoms with Gasteiger partial charge in [0.15, 0.2) is 6.54 Å². The van der Waals surface area contributed by atoms with Crippen LogP contribution in [0.2, 0.25) is 0 Å². The van der Waals surface area contributed by atoms with Crippen LogP contribution in [-0.2, 0) is 16.0 Å². The molecule has 4 rings (SSSR count). The zero-order valence-corrected chi connectivity index (χ0v) is 16.8. The number of quaternary nitrogens is 1. The minimum atomic E-state index is -0.920. The standard InChI is InChI=1S/C23H27N3O2/c1-23(2)22(28)24-18-12-6-7-13-20(18)26(23)21(27)15-25(3)19-14-8-10-16-9-4-5-11-17(16)19/h4-7,9,11-13,19H,8,10,14-15H2,1-3H3,(H,24,28)/p+1/t19-/m0/s1. The van der Waals surface area contributed by atoms with E-state index in [4.69, 9.17) is 0 Å². The van der Waals surface area contributed by atoms with Crippen molar-refractivity contribution >= 4 is 23.2 Å². The summed E-state index contributed by atoms with van der Waals surface area (Å²) in [5.41, 5.74) is 3.30. The Kier molecular flexibility index (Phi) is 4.71. The second-order valence-electron chi connectivity index (χ2n) is 8.43. The average Bonchev–Trinajstić information content (AvgIpc) is 2.68. The molecule has 146 valence electrons. The Bertz CT molecular complexity index is 922. The Labute approximate surface area is 166 Å². The van der Waals surface area contributed by atoms with E-state index in [9.17, 15) is 9.59 Å². The molecule has 0 saturated heterocycles. The van der Waals surface area contributed by atoms with E-state index < -0.39 is 5.54 Å². The van der Waals surface area contributed by atoms with E-state index in [1.807, 2.05) is 24.3 Å². The molecule has 1 aliphatic carbocycles. The molecule has 2 aliphatic rings. The molecule has 0 saturated carbocycles. The van der Waals surface area contributed by atoms with Crippen molar-refractivity contribution in [2.45, 2.75) is 44.7 Å². The number of nitrogens with zero attached hydrogens (tertiary/aromatic N) is 1. The highest BCUT2D eigenvalue weighted by atomic mass is 16.2. The van der Waals surface area contributed by atoms with Gasteiger partial charge in [-0.25, -0.2) is 0 Å².